The van der Waals surface area contributed by atoms with Gasteiger partial charge >= 0.3 is 0 Å². The molecule has 0 saturated heterocycles. The van der Waals surface area contributed by atoms with E-state index in [9.17, 15) is 0 Å². The van der Waals surface area contributed by atoms with Crippen LogP contribution in [0.1, 0.15) is 11.3 Å². The van der Waals surface area contributed by atoms with Crippen molar-refractivity contribution < 1.29 is 0 Å². The number of nitrogens with one attached hydrogen (secondary N) is 1. The molecule has 0 aliphatic heterocycles. The Kier molecular flexibility index (Phi) is 10.9. The Morgan fingerprint density at radius 1 is 1.39 bits per heavy atom. The second kappa shape index (κ2) is 12.1. The van der Waals surface area contributed by atoms with Crippen molar-refractivity contribution in [2.75, 3.05) is 32.9 Å². The van der Waals surface area contributed by atoms with Gasteiger partial charge in [-0.1, -0.05) is 17.8 Å². The first-order valence-electron chi connectivity index (χ1n) is 7.26. The van der Waals surface area contributed by atoms with Crippen molar-refractivity contribution in [2.45, 2.75) is 17.2 Å². The number of halogens is 1. The van der Waals surface area contributed by atoms with Crippen LogP contribution in [0.4, 0.5) is 0 Å². The number of thiazole rings is 1. The fourth-order valence-electron chi connectivity index (χ4n) is 1.94. The Hall–Kier alpha value is -0.320. The van der Waals surface area contributed by atoms with E-state index in [-0.39, 0.29) is 24.0 Å². The number of hydrogen-bond donors (Lipinski definition) is 1. The highest BCUT2D eigenvalue weighted by atomic mass is 127. The predicted molar refractivity (Wildman–Crippen MR) is 115 cm³/mol. The van der Waals surface area contributed by atoms with E-state index >= 15 is 0 Å². The number of guanidine groups is 1. The summed E-state index contributed by atoms with van der Waals surface area (Å²) in [5, 5.41) is 7.57. The number of nitrogens with zero attached hydrogens (tertiary/aromatic N) is 3. The zero-order valence-electron chi connectivity index (χ0n) is 13.4. The standard InChI is InChI=1S/C15H22N4S3.HI/c1-16-14(19(2)9-6-13-5-3-10-20-13)17-7-4-11-21-15-18-8-12-22-15;/h3,5,8,10,12H,4,6-7,9,11H2,1-2H3,(H,16,17);1H. The average molecular weight is 482 g/mol. The minimum Gasteiger partial charge on any atom is -0.356 e. The molecule has 8 heteroatoms. The average Bonchev–Trinajstić information content (AvgIpc) is 3.21. The van der Waals surface area contributed by atoms with Gasteiger partial charge < -0.3 is 10.2 Å². The van der Waals surface area contributed by atoms with Crippen LogP contribution in [0.25, 0.3) is 0 Å². The van der Waals surface area contributed by atoms with Crippen molar-refractivity contribution in [2.24, 2.45) is 4.99 Å². The molecular weight excluding hydrogens is 459 g/mol. The van der Waals surface area contributed by atoms with Crippen LogP contribution in [-0.4, -0.2) is 48.8 Å². The van der Waals surface area contributed by atoms with Gasteiger partial charge in [0.05, 0.1) is 0 Å². The molecular formula is C15H23IN4S3. The maximum atomic E-state index is 4.35. The molecule has 0 aromatic carbocycles. The molecule has 128 valence electrons. The van der Waals surface area contributed by atoms with Gasteiger partial charge in [-0.25, -0.2) is 4.98 Å². The van der Waals surface area contributed by atoms with E-state index in [1.807, 2.05) is 41.7 Å². The lowest BCUT2D eigenvalue weighted by Crippen LogP contribution is -2.40. The third-order valence-corrected chi connectivity index (χ3v) is 6.07. The zero-order chi connectivity index (χ0) is 15.6. The third-order valence-electron chi connectivity index (χ3n) is 3.09. The van der Waals surface area contributed by atoms with Gasteiger partial charge in [0, 0.05) is 49.4 Å². The van der Waals surface area contributed by atoms with Gasteiger partial charge in [0.2, 0.25) is 0 Å². The monoisotopic (exact) mass is 482 g/mol. The minimum absolute atomic E-state index is 0. The van der Waals surface area contributed by atoms with E-state index in [1.165, 1.54) is 4.88 Å². The van der Waals surface area contributed by atoms with Crippen LogP contribution in [0, 0.1) is 0 Å². The molecule has 0 bridgehead atoms. The van der Waals surface area contributed by atoms with Crippen molar-refractivity contribution in [3.63, 3.8) is 0 Å². The van der Waals surface area contributed by atoms with Crippen LogP contribution in [0.2, 0.25) is 0 Å². The van der Waals surface area contributed by atoms with E-state index in [0.717, 1.165) is 42.0 Å². The van der Waals surface area contributed by atoms with Gasteiger partial charge in [0.1, 0.15) is 4.34 Å². The zero-order valence-corrected chi connectivity index (χ0v) is 18.2. The fourth-order valence-corrected chi connectivity index (χ4v) is 4.28. The summed E-state index contributed by atoms with van der Waals surface area (Å²) >= 11 is 5.33. The third kappa shape index (κ3) is 7.86. The van der Waals surface area contributed by atoms with Gasteiger partial charge in [-0.2, -0.15) is 0 Å². The highest BCUT2D eigenvalue weighted by Gasteiger charge is 2.06. The summed E-state index contributed by atoms with van der Waals surface area (Å²) in [6, 6.07) is 4.29. The van der Waals surface area contributed by atoms with Crippen LogP contribution in [-0.2, 0) is 6.42 Å². The number of likely N-dealkylation sites (N-methyl/N-ethyl adjacent to an activating group) is 1. The van der Waals surface area contributed by atoms with Crippen LogP contribution < -0.4 is 5.32 Å². The van der Waals surface area contributed by atoms with E-state index < -0.39 is 0 Å². The number of aromatic nitrogens is 1. The van der Waals surface area contributed by atoms with Crippen LogP contribution >= 0.6 is 58.4 Å². The Morgan fingerprint density at radius 2 is 2.26 bits per heavy atom. The number of thiophene rings is 1. The highest BCUT2D eigenvalue weighted by molar-refractivity contribution is 14.0. The summed E-state index contributed by atoms with van der Waals surface area (Å²) in [5.74, 6) is 2.05. The largest absolute Gasteiger partial charge is 0.356 e. The van der Waals surface area contributed by atoms with Crippen molar-refractivity contribution in [3.05, 3.63) is 34.0 Å². The second-order valence-electron chi connectivity index (χ2n) is 4.72. The molecule has 0 saturated carbocycles. The summed E-state index contributed by atoms with van der Waals surface area (Å²) in [7, 11) is 3.93. The van der Waals surface area contributed by atoms with Gasteiger partial charge in [0.25, 0.3) is 0 Å². The molecule has 0 aliphatic carbocycles. The molecule has 2 aromatic heterocycles. The van der Waals surface area contributed by atoms with Crippen LogP contribution in [0.15, 0.2) is 38.4 Å². The lowest BCUT2D eigenvalue weighted by Gasteiger charge is -2.21. The summed E-state index contributed by atoms with van der Waals surface area (Å²) in [5.41, 5.74) is 0. The predicted octanol–water partition coefficient (Wildman–Crippen LogP) is 4.05. The van der Waals surface area contributed by atoms with Crippen molar-refractivity contribution >= 4 is 64.4 Å². The van der Waals surface area contributed by atoms with Gasteiger partial charge in [-0.05, 0) is 24.3 Å². The van der Waals surface area contributed by atoms with Crippen LogP contribution in [0.5, 0.6) is 0 Å². The first-order chi connectivity index (χ1) is 10.8. The molecule has 2 rings (SSSR count). The SMILES string of the molecule is CN=C(NCCCSc1nccs1)N(C)CCc1cccs1.I. The minimum atomic E-state index is 0. The number of thioether (sulfide) groups is 1. The molecule has 0 aliphatic rings. The lowest BCUT2D eigenvalue weighted by atomic mass is 10.3. The van der Waals surface area contributed by atoms with Crippen molar-refractivity contribution in [1.82, 2.24) is 15.2 Å². The number of hydrogen-bond acceptors (Lipinski definition) is 5. The molecule has 23 heavy (non-hydrogen) atoms. The Morgan fingerprint density at radius 3 is 2.91 bits per heavy atom. The maximum absolute atomic E-state index is 4.35. The van der Waals surface area contributed by atoms with E-state index in [2.05, 4.69) is 44.8 Å². The maximum Gasteiger partial charge on any atom is 0.193 e. The Balaban J connectivity index is 0.00000264. The molecule has 0 radical (unpaired) electrons. The molecule has 0 spiro atoms. The fraction of sp³-hybridized carbons (Fsp3) is 0.467. The molecule has 0 fully saturated rings. The molecule has 4 nitrogen and oxygen atoms in total. The summed E-state index contributed by atoms with van der Waals surface area (Å²) < 4.78 is 1.15. The molecule has 1 N–H and O–H groups in total. The Bertz CT molecular complexity index is 543. The smallest absolute Gasteiger partial charge is 0.193 e. The summed E-state index contributed by atoms with van der Waals surface area (Å²) in [6.07, 6.45) is 4.02. The topological polar surface area (TPSA) is 40.5 Å². The van der Waals surface area contributed by atoms with Crippen molar-refractivity contribution in [3.8, 4) is 0 Å². The van der Waals surface area contributed by atoms with E-state index in [4.69, 9.17) is 0 Å². The van der Waals surface area contributed by atoms with Gasteiger partial charge in [-0.3, -0.25) is 4.99 Å². The first-order valence-corrected chi connectivity index (χ1v) is 10.0. The van der Waals surface area contributed by atoms with Gasteiger partial charge in [0.15, 0.2) is 5.96 Å². The Labute approximate surface area is 167 Å². The first kappa shape index (κ1) is 20.7. The second-order valence-corrected chi connectivity index (χ2v) is 7.99. The van der Waals surface area contributed by atoms with E-state index in [1.54, 1.807) is 11.3 Å². The summed E-state index contributed by atoms with van der Waals surface area (Å²) in [6.45, 7) is 1.92. The van der Waals surface area contributed by atoms with Gasteiger partial charge in [-0.15, -0.1) is 46.7 Å². The van der Waals surface area contributed by atoms with Crippen LogP contribution in [0.3, 0.4) is 0 Å². The lowest BCUT2D eigenvalue weighted by molar-refractivity contribution is 0.486. The molecule has 2 heterocycles. The quantitative estimate of drug-likeness (QED) is 0.203. The summed E-state index contributed by atoms with van der Waals surface area (Å²) in [4.78, 5) is 12.2. The van der Waals surface area contributed by atoms with Crippen molar-refractivity contribution in [1.29, 1.82) is 0 Å². The highest BCUT2D eigenvalue weighted by Crippen LogP contribution is 2.20. The van der Waals surface area contributed by atoms with E-state index in [0.29, 0.717) is 0 Å². The molecule has 0 unspecified atom stereocenters. The molecule has 0 amide bonds. The number of aliphatic imine (C=N–C) groups is 1. The number of rotatable bonds is 8. The molecule has 0 atom stereocenters. The molecule has 2 aromatic rings. The normalized spacial score (nSPS) is 11.1.